The van der Waals surface area contributed by atoms with Crippen molar-refractivity contribution in [2.45, 2.75) is 32.8 Å². The number of benzene rings is 1. The molecule has 0 amide bonds. The van der Waals surface area contributed by atoms with Gasteiger partial charge in [0, 0.05) is 12.2 Å². The number of rotatable bonds is 5. The first kappa shape index (κ1) is 11.9. The van der Waals surface area contributed by atoms with Gasteiger partial charge >= 0.3 is 0 Å². The smallest absolute Gasteiger partial charge is 0.194 e. The molecule has 1 aromatic rings. The molecular weight excluding hydrogens is 188 g/mol. The Morgan fingerprint density at radius 3 is 2.33 bits per heavy atom. The molecule has 0 aliphatic carbocycles. The van der Waals surface area contributed by atoms with Gasteiger partial charge in [-0.3, -0.25) is 4.79 Å². The van der Waals surface area contributed by atoms with E-state index < -0.39 is 5.60 Å². The third kappa shape index (κ3) is 2.66. The maximum absolute atomic E-state index is 12.2. The number of ketones is 1. The highest BCUT2D eigenvalue weighted by Crippen LogP contribution is 2.21. The summed E-state index contributed by atoms with van der Waals surface area (Å²) < 4.78 is 5.55. The van der Waals surface area contributed by atoms with Gasteiger partial charge in [0.05, 0.1) is 0 Å². The maximum atomic E-state index is 12.2. The molecule has 1 atom stereocenters. The van der Waals surface area contributed by atoms with Crippen LogP contribution in [-0.2, 0) is 4.74 Å². The molecule has 0 N–H and O–H groups in total. The van der Waals surface area contributed by atoms with Crippen LogP contribution in [0.25, 0.3) is 0 Å². The maximum Gasteiger partial charge on any atom is 0.194 e. The van der Waals surface area contributed by atoms with E-state index in [0.29, 0.717) is 13.0 Å². The summed E-state index contributed by atoms with van der Waals surface area (Å²) >= 11 is 0. The Bertz CT molecular complexity index is 319. The predicted molar refractivity (Wildman–Crippen MR) is 61.1 cm³/mol. The lowest BCUT2D eigenvalue weighted by Gasteiger charge is -2.26. The number of carbonyl (C=O) groups excluding carboxylic acids is 1. The van der Waals surface area contributed by atoms with Gasteiger partial charge in [0.1, 0.15) is 5.60 Å². The third-order valence-electron chi connectivity index (χ3n) is 2.65. The number of carbonyl (C=O) groups is 1. The van der Waals surface area contributed by atoms with Crippen LogP contribution in [0.4, 0.5) is 0 Å². The second kappa shape index (κ2) is 5.08. The first-order valence-electron chi connectivity index (χ1n) is 5.38. The molecule has 82 valence electrons. The van der Waals surface area contributed by atoms with E-state index in [4.69, 9.17) is 4.74 Å². The fraction of sp³-hybridized carbons (Fsp3) is 0.462. The molecule has 2 heteroatoms. The van der Waals surface area contributed by atoms with Crippen molar-refractivity contribution in [3.63, 3.8) is 0 Å². The molecule has 0 aliphatic heterocycles. The Kier molecular flexibility index (Phi) is 4.04. The summed E-state index contributed by atoms with van der Waals surface area (Å²) in [5, 5.41) is 0. The third-order valence-corrected chi connectivity index (χ3v) is 2.65. The molecule has 2 nitrogen and oxygen atoms in total. The minimum Gasteiger partial charge on any atom is -0.367 e. The summed E-state index contributed by atoms with van der Waals surface area (Å²) in [6.07, 6.45) is 0.689. The largest absolute Gasteiger partial charge is 0.367 e. The SMILES string of the molecule is CCOC(C)(CC)C(=O)c1ccccc1. The Labute approximate surface area is 91.3 Å². The van der Waals surface area contributed by atoms with E-state index in [0.717, 1.165) is 5.56 Å². The number of hydrogen-bond donors (Lipinski definition) is 0. The molecule has 0 radical (unpaired) electrons. The molecule has 1 rings (SSSR count). The van der Waals surface area contributed by atoms with Gasteiger partial charge in [-0.1, -0.05) is 37.3 Å². The second-order valence-corrected chi connectivity index (χ2v) is 3.71. The average Bonchev–Trinajstić information content (AvgIpc) is 2.29. The summed E-state index contributed by atoms with van der Waals surface area (Å²) in [7, 11) is 0. The van der Waals surface area contributed by atoms with Gasteiger partial charge < -0.3 is 4.74 Å². The van der Waals surface area contributed by atoms with Gasteiger partial charge in [-0.25, -0.2) is 0 Å². The normalized spacial score (nSPS) is 14.6. The van der Waals surface area contributed by atoms with Crippen LogP contribution in [-0.4, -0.2) is 18.0 Å². The quantitative estimate of drug-likeness (QED) is 0.692. The van der Waals surface area contributed by atoms with Crippen LogP contribution in [0, 0.1) is 0 Å². The molecule has 0 heterocycles. The second-order valence-electron chi connectivity index (χ2n) is 3.71. The van der Waals surface area contributed by atoms with Crippen LogP contribution in [0.3, 0.4) is 0 Å². The van der Waals surface area contributed by atoms with Crippen molar-refractivity contribution >= 4 is 5.78 Å². The van der Waals surface area contributed by atoms with Crippen molar-refractivity contribution in [3.05, 3.63) is 35.9 Å². The summed E-state index contributed by atoms with van der Waals surface area (Å²) in [6, 6.07) is 9.30. The van der Waals surface area contributed by atoms with Gasteiger partial charge in [-0.05, 0) is 20.3 Å². The molecule has 0 aliphatic rings. The monoisotopic (exact) mass is 206 g/mol. The standard InChI is InChI=1S/C13H18O2/c1-4-13(3,15-5-2)12(14)11-9-7-6-8-10-11/h6-10H,4-5H2,1-3H3. The average molecular weight is 206 g/mol. The van der Waals surface area contributed by atoms with Crippen LogP contribution in [0.5, 0.6) is 0 Å². The topological polar surface area (TPSA) is 26.3 Å². The Morgan fingerprint density at radius 2 is 1.87 bits per heavy atom. The summed E-state index contributed by atoms with van der Waals surface area (Å²) in [6.45, 7) is 6.29. The first-order valence-corrected chi connectivity index (χ1v) is 5.38. The molecule has 0 aromatic heterocycles. The summed E-state index contributed by atoms with van der Waals surface area (Å²) in [4.78, 5) is 12.2. The van der Waals surface area contributed by atoms with E-state index in [1.54, 1.807) is 0 Å². The highest BCUT2D eigenvalue weighted by molar-refractivity contribution is 6.02. The lowest BCUT2D eigenvalue weighted by molar-refractivity contribution is -0.0116. The van der Waals surface area contributed by atoms with Crippen molar-refractivity contribution in [1.29, 1.82) is 0 Å². The van der Waals surface area contributed by atoms with Gasteiger partial charge in [0.25, 0.3) is 0 Å². The van der Waals surface area contributed by atoms with Crippen LogP contribution in [0.1, 0.15) is 37.6 Å². The van der Waals surface area contributed by atoms with E-state index in [1.165, 1.54) is 0 Å². The number of ether oxygens (including phenoxy) is 1. The predicted octanol–water partition coefficient (Wildman–Crippen LogP) is 3.07. The lowest BCUT2D eigenvalue weighted by atomic mass is 9.92. The van der Waals surface area contributed by atoms with Crippen LogP contribution in [0.15, 0.2) is 30.3 Å². The molecule has 0 bridgehead atoms. The van der Waals surface area contributed by atoms with Crippen molar-refractivity contribution in [2.24, 2.45) is 0 Å². The molecule has 1 aromatic carbocycles. The summed E-state index contributed by atoms with van der Waals surface area (Å²) in [5.41, 5.74) is 0.0334. The summed E-state index contributed by atoms with van der Waals surface area (Å²) in [5.74, 6) is 0.0625. The Morgan fingerprint density at radius 1 is 1.27 bits per heavy atom. The molecule has 0 spiro atoms. The van der Waals surface area contributed by atoms with E-state index in [9.17, 15) is 4.79 Å². The Balaban J connectivity index is 2.92. The van der Waals surface area contributed by atoms with Crippen LogP contribution >= 0.6 is 0 Å². The lowest BCUT2D eigenvalue weighted by Crippen LogP contribution is -2.37. The molecule has 1 unspecified atom stereocenters. The van der Waals surface area contributed by atoms with Crippen molar-refractivity contribution in [3.8, 4) is 0 Å². The van der Waals surface area contributed by atoms with Crippen molar-refractivity contribution in [1.82, 2.24) is 0 Å². The fourth-order valence-electron chi connectivity index (χ4n) is 1.54. The zero-order valence-corrected chi connectivity index (χ0v) is 9.62. The molecule has 15 heavy (non-hydrogen) atoms. The highest BCUT2D eigenvalue weighted by Gasteiger charge is 2.32. The molecule has 0 fully saturated rings. The van der Waals surface area contributed by atoms with Crippen LogP contribution < -0.4 is 0 Å². The first-order chi connectivity index (χ1) is 7.14. The minimum absolute atomic E-state index is 0.0625. The molecule has 0 saturated heterocycles. The minimum atomic E-state index is -0.684. The van der Waals surface area contributed by atoms with Crippen molar-refractivity contribution in [2.75, 3.05) is 6.61 Å². The van der Waals surface area contributed by atoms with Crippen LogP contribution in [0.2, 0.25) is 0 Å². The van der Waals surface area contributed by atoms with Gasteiger partial charge in [0.2, 0.25) is 0 Å². The number of Topliss-reactive ketones (excluding diaryl/α,β-unsaturated/α-hetero) is 1. The Hall–Kier alpha value is -1.15. The van der Waals surface area contributed by atoms with Gasteiger partial charge in [-0.2, -0.15) is 0 Å². The van der Waals surface area contributed by atoms with Gasteiger partial charge in [0.15, 0.2) is 5.78 Å². The van der Waals surface area contributed by atoms with Crippen molar-refractivity contribution < 1.29 is 9.53 Å². The highest BCUT2D eigenvalue weighted by atomic mass is 16.5. The van der Waals surface area contributed by atoms with E-state index in [-0.39, 0.29) is 5.78 Å². The number of hydrogen-bond acceptors (Lipinski definition) is 2. The molecule has 0 saturated carbocycles. The van der Waals surface area contributed by atoms with E-state index in [2.05, 4.69) is 0 Å². The van der Waals surface area contributed by atoms with E-state index >= 15 is 0 Å². The molecular formula is C13H18O2. The zero-order valence-electron chi connectivity index (χ0n) is 9.62. The zero-order chi connectivity index (χ0) is 11.3. The van der Waals surface area contributed by atoms with Gasteiger partial charge in [-0.15, -0.1) is 0 Å². The van der Waals surface area contributed by atoms with E-state index in [1.807, 2.05) is 51.1 Å². The fourth-order valence-corrected chi connectivity index (χ4v) is 1.54.